The zero-order valence-corrected chi connectivity index (χ0v) is 9.61. The van der Waals surface area contributed by atoms with Crippen molar-refractivity contribution in [3.63, 3.8) is 0 Å². The molecule has 0 spiro atoms. The molecule has 0 radical (unpaired) electrons. The molecule has 1 saturated heterocycles. The van der Waals surface area contributed by atoms with Crippen LogP contribution in [0.15, 0.2) is 0 Å². The maximum absolute atomic E-state index is 9.86. The van der Waals surface area contributed by atoms with Gasteiger partial charge < -0.3 is 15.2 Å². The number of rotatable bonds is 3. The van der Waals surface area contributed by atoms with Crippen molar-refractivity contribution in [3.8, 4) is 0 Å². The molecular weight excluding hydrogens is 190 g/mol. The first kappa shape index (κ1) is 11.4. The molecule has 1 heterocycles. The van der Waals surface area contributed by atoms with Crippen LogP contribution in [-0.4, -0.2) is 36.0 Å². The summed E-state index contributed by atoms with van der Waals surface area (Å²) in [6.07, 6.45) is 7.04. The van der Waals surface area contributed by atoms with E-state index in [9.17, 15) is 5.11 Å². The molecule has 2 fully saturated rings. The average molecular weight is 213 g/mol. The summed E-state index contributed by atoms with van der Waals surface area (Å²) in [5.74, 6) is 0. The van der Waals surface area contributed by atoms with E-state index in [1.165, 1.54) is 19.3 Å². The second kappa shape index (κ2) is 5.28. The molecule has 2 aliphatic rings. The molecule has 0 aromatic carbocycles. The summed E-state index contributed by atoms with van der Waals surface area (Å²) in [6, 6.07) is 0.670. The normalized spacial score (nSPS) is 39.2. The van der Waals surface area contributed by atoms with Crippen LogP contribution in [-0.2, 0) is 4.74 Å². The third-order valence-corrected chi connectivity index (χ3v) is 3.73. The van der Waals surface area contributed by atoms with E-state index >= 15 is 0 Å². The Morgan fingerprint density at radius 3 is 2.67 bits per heavy atom. The summed E-state index contributed by atoms with van der Waals surface area (Å²) in [6.45, 7) is 3.08. The van der Waals surface area contributed by atoms with Gasteiger partial charge in [0, 0.05) is 18.7 Å². The van der Waals surface area contributed by atoms with Gasteiger partial charge in [0.1, 0.15) is 0 Å². The summed E-state index contributed by atoms with van der Waals surface area (Å²) in [4.78, 5) is 0. The molecule has 0 aromatic heterocycles. The molecule has 0 bridgehead atoms. The Morgan fingerprint density at radius 2 is 2.00 bits per heavy atom. The maximum atomic E-state index is 9.86. The van der Waals surface area contributed by atoms with Crippen LogP contribution in [0.3, 0.4) is 0 Å². The van der Waals surface area contributed by atoms with Gasteiger partial charge in [0.2, 0.25) is 0 Å². The number of aliphatic hydroxyl groups is 1. The summed E-state index contributed by atoms with van der Waals surface area (Å²) < 4.78 is 5.65. The van der Waals surface area contributed by atoms with Gasteiger partial charge in [0.15, 0.2) is 0 Å². The van der Waals surface area contributed by atoms with Crippen molar-refractivity contribution >= 4 is 0 Å². The highest BCUT2D eigenvalue weighted by atomic mass is 16.5. The van der Waals surface area contributed by atoms with Crippen LogP contribution in [0.1, 0.15) is 45.4 Å². The minimum atomic E-state index is -0.150. The monoisotopic (exact) mass is 213 g/mol. The first-order chi connectivity index (χ1) is 7.27. The molecule has 3 heteroatoms. The molecule has 0 amide bonds. The zero-order chi connectivity index (χ0) is 10.7. The van der Waals surface area contributed by atoms with Gasteiger partial charge in [-0.2, -0.15) is 0 Å². The maximum Gasteiger partial charge on any atom is 0.0726 e. The fourth-order valence-corrected chi connectivity index (χ4v) is 2.75. The molecule has 2 rings (SSSR count). The third-order valence-electron chi connectivity index (χ3n) is 3.73. The van der Waals surface area contributed by atoms with E-state index in [0.29, 0.717) is 12.1 Å². The standard InChI is InChI=1S/C12H23NO2/c1-9(12-7-4-8-15-12)13-10-5-2-3-6-11(10)14/h9-14H,2-8H2,1H3. The Labute approximate surface area is 92.2 Å². The SMILES string of the molecule is CC(NC1CCCCC1O)C1CCCO1. The Kier molecular flexibility index (Phi) is 4.00. The summed E-state index contributed by atoms with van der Waals surface area (Å²) >= 11 is 0. The van der Waals surface area contributed by atoms with E-state index < -0.39 is 0 Å². The molecule has 0 aromatic rings. The van der Waals surface area contributed by atoms with E-state index in [1.54, 1.807) is 0 Å². The number of hydrogen-bond acceptors (Lipinski definition) is 3. The molecule has 1 aliphatic heterocycles. The average Bonchev–Trinajstić information content (AvgIpc) is 2.74. The number of ether oxygens (including phenoxy) is 1. The third kappa shape index (κ3) is 2.92. The molecule has 4 atom stereocenters. The molecule has 3 nitrogen and oxygen atoms in total. The van der Waals surface area contributed by atoms with Gasteiger partial charge in [-0.05, 0) is 32.6 Å². The second-order valence-electron chi connectivity index (χ2n) is 4.97. The minimum absolute atomic E-state index is 0.150. The van der Waals surface area contributed by atoms with Gasteiger partial charge in [-0.25, -0.2) is 0 Å². The lowest BCUT2D eigenvalue weighted by molar-refractivity contribution is 0.0485. The van der Waals surface area contributed by atoms with Crippen molar-refractivity contribution in [2.45, 2.75) is 69.7 Å². The first-order valence-electron chi connectivity index (χ1n) is 6.33. The van der Waals surface area contributed by atoms with Crippen LogP contribution < -0.4 is 5.32 Å². The second-order valence-corrected chi connectivity index (χ2v) is 4.97. The smallest absolute Gasteiger partial charge is 0.0726 e. The molecule has 15 heavy (non-hydrogen) atoms. The highest BCUT2D eigenvalue weighted by molar-refractivity contribution is 4.86. The van der Waals surface area contributed by atoms with E-state index in [4.69, 9.17) is 4.74 Å². The van der Waals surface area contributed by atoms with Crippen molar-refractivity contribution in [3.05, 3.63) is 0 Å². The van der Waals surface area contributed by atoms with Gasteiger partial charge >= 0.3 is 0 Å². The van der Waals surface area contributed by atoms with Gasteiger partial charge in [0.25, 0.3) is 0 Å². The number of aliphatic hydroxyl groups excluding tert-OH is 1. The molecule has 1 aliphatic carbocycles. The Morgan fingerprint density at radius 1 is 1.20 bits per heavy atom. The fraction of sp³-hybridized carbons (Fsp3) is 1.00. The zero-order valence-electron chi connectivity index (χ0n) is 9.61. The van der Waals surface area contributed by atoms with Crippen molar-refractivity contribution in [2.75, 3.05) is 6.61 Å². The Hall–Kier alpha value is -0.120. The summed E-state index contributed by atoms with van der Waals surface area (Å²) in [5, 5.41) is 13.4. The molecule has 2 N–H and O–H groups in total. The van der Waals surface area contributed by atoms with Crippen molar-refractivity contribution in [1.29, 1.82) is 0 Å². The topological polar surface area (TPSA) is 41.5 Å². The highest BCUT2D eigenvalue weighted by Gasteiger charge is 2.28. The van der Waals surface area contributed by atoms with Gasteiger partial charge in [-0.3, -0.25) is 0 Å². The van der Waals surface area contributed by atoms with Crippen molar-refractivity contribution in [1.82, 2.24) is 5.32 Å². The van der Waals surface area contributed by atoms with Crippen LogP contribution in [0.5, 0.6) is 0 Å². The Balaban J connectivity index is 1.78. The predicted octanol–water partition coefficient (Wildman–Crippen LogP) is 1.45. The molecule has 4 unspecified atom stereocenters. The molecular formula is C12H23NO2. The summed E-state index contributed by atoms with van der Waals surface area (Å²) in [7, 11) is 0. The highest BCUT2D eigenvalue weighted by Crippen LogP contribution is 2.21. The summed E-state index contributed by atoms with van der Waals surface area (Å²) in [5.41, 5.74) is 0. The van der Waals surface area contributed by atoms with Crippen molar-refractivity contribution in [2.24, 2.45) is 0 Å². The van der Waals surface area contributed by atoms with Crippen LogP contribution in [0.4, 0.5) is 0 Å². The van der Waals surface area contributed by atoms with Crippen LogP contribution in [0.2, 0.25) is 0 Å². The number of nitrogens with one attached hydrogen (secondary N) is 1. The lowest BCUT2D eigenvalue weighted by atomic mass is 9.91. The number of hydrogen-bond donors (Lipinski definition) is 2. The van der Waals surface area contributed by atoms with Crippen LogP contribution in [0, 0.1) is 0 Å². The lowest BCUT2D eigenvalue weighted by Gasteiger charge is -2.32. The van der Waals surface area contributed by atoms with Gasteiger partial charge in [-0.15, -0.1) is 0 Å². The minimum Gasteiger partial charge on any atom is -0.392 e. The van der Waals surface area contributed by atoms with Crippen LogP contribution >= 0.6 is 0 Å². The lowest BCUT2D eigenvalue weighted by Crippen LogP contribution is -2.49. The van der Waals surface area contributed by atoms with E-state index in [1.807, 2.05) is 0 Å². The Bertz CT molecular complexity index is 192. The van der Waals surface area contributed by atoms with Gasteiger partial charge in [0.05, 0.1) is 12.2 Å². The first-order valence-corrected chi connectivity index (χ1v) is 6.33. The fourth-order valence-electron chi connectivity index (χ4n) is 2.75. The van der Waals surface area contributed by atoms with Crippen molar-refractivity contribution < 1.29 is 9.84 Å². The predicted molar refractivity (Wildman–Crippen MR) is 59.8 cm³/mol. The molecule has 1 saturated carbocycles. The van der Waals surface area contributed by atoms with E-state index in [0.717, 1.165) is 25.9 Å². The van der Waals surface area contributed by atoms with E-state index in [2.05, 4.69) is 12.2 Å². The largest absolute Gasteiger partial charge is 0.392 e. The van der Waals surface area contributed by atoms with E-state index in [-0.39, 0.29) is 12.1 Å². The molecule has 88 valence electrons. The van der Waals surface area contributed by atoms with Gasteiger partial charge in [-0.1, -0.05) is 12.8 Å². The van der Waals surface area contributed by atoms with Crippen LogP contribution in [0.25, 0.3) is 0 Å². The quantitative estimate of drug-likeness (QED) is 0.745.